The first kappa shape index (κ1) is 28.4. The maximum atomic E-state index is 14.0. The second-order valence-electron chi connectivity index (χ2n) is 11.0. The van der Waals surface area contributed by atoms with Crippen LogP contribution in [-0.4, -0.2) is 27.7 Å². The summed E-state index contributed by atoms with van der Waals surface area (Å²) in [5, 5.41) is 13.7. The van der Waals surface area contributed by atoms with Crippen molar-refractivity contribution in [2.24, 2.45) is 7.05 Å². The van der Waals surface area contributed by atoms with Crippen molar-refractivity contribution in [2.75, 3.05) is 0 Å². The van der Waals surface area contributed by atoms with Gasteiger partial charge >= 0.3 is 0 Å². The molecule has 1 amide bonds. The van der Waals surface area contributed by atoms with E-state index in [9.17, 15) is 19.1 Å². The van der Waals surface area contributed by atoms with E-state index in [0.717, 1.165) is 25.7 Å². The second-order valence-corrected chi connectivity index (χ2v) is 11.0. The molecule has 0 saturated heterocycles. The quantitative estimate of drug-likeness (QED) is 0.407. The minimum absolute atomic E-state index is 0.0425. The Morgan fingerprint density at radius 3 is 2.26 bits per heavy atom. The Morgan fingerprint density at radius 1 is 1.03 bits per heavy atom. The summed E-state index contributed by atoms with van der Waals surface area (Å²) < 4.78 is 28.3. The number of nitrogens with one attached hydrogen (secondary N) is 1. The number of hydrogen-bond donors (Lipinski definition) is 2. The van der Waals surface area contributed by atoms with Gasteiger partial charge in [-0.25, -0.2) is 4.39 Å². The zero-order valence-electron chi connectivity index (χ0n) is 23.4. The molecule has 1 aliphatic carbocycles. The summed E-state index contributed by atoms with van der Waals surface area (Å²) in [4.78, 5) is 24.1. The second kappa shape index (κ2) is 11.2. The molecule has 1 aliphatic rings. The van der Waals surface area contributed by atoms with Crippen molar-refractivity contribution < 1.29 is 23.8 Å². The lowest BCUT2D eigenvalue weighted by Gasteiger charge is -2.30. The van der Waals surface area contributed by atoms with E-state index in [1.807, 2.05) is 6.07 Å². The molecule has 1 fully saturated rings. The molecule has 39 heavy (non-hydrogen) atoms. The Kier molecular flexibility index (Phi) is 8.16. The predicted octanol–water partition coefficient (Wildman–Crippen LogP) is 5.65. The van der Waals surface area contributed by atoms with Crippen LogP contribution in [0.3, 0.4) is 0 Å². The average Bonchev–Trinajstić information content (AvgIpc) is 2.84. The van der Waals surface area contributed by atoms with Crippen LogP contribution in [0.5, 0.6) is 17.2 Å². The Hall–Kier alpha value is -3.65. The third kappa shape index (κ3) is 6.68. The number of nitrogens with zero attached hydrogens (tertiary/aromatic N) is 1. The van der Waals surface area contributed by atoms with E-state index in [2.05, 4.69) is 5.32 Å². The smallest absolute Gasteiger partial charge is 0.254 e. The highest BCUT2D eigenvalue weighted by Gasteiger charge is 2.26. The number of aliphatic hydroxyl groups is 1. The summed E-state index contributed by atoms with van der Waals surface area (Å²) in [6, 6.07) is 9.85. The van der Waals surface area contributed by atoms with Gasteiger partial charge in [0.15, 0.2) is 0 Å². The maximum Gasteiger partial charge on any atom is 0.254 e. The number of halogens is 1. The Bertz CT molecular complexity index is 1410. The van der Waals surface area contributed by atoms with Crippen LogP contribution in [0.2, 0.25) is 0 Å². The normalized spacial score (nSPS) is 17.5. The van der Waals surface area contributed by atoms with Crippen LogP contribution in [0.25, 0.3) is 11.1 Å². The van der Waals surface area contributed by atoms with Crippen molar-refractivity contribution in [3.63, 3.8) is 0 Å². The number of carbonyl (C=O) groups is 1. The Labute approximate surface area is 228 Å². The van der Waals surface area contributed by atoms with Crippen LogP contribution >= 0.6 is 0 Å². The van der Waals surface area contributed by atoms with Gasteiger partial charge in [0, 0.05) is 43.4 Å². The molecular formula is C31H37FN2O5. The van der Waals surface area contributed by atoms with E-state index in [1.165, 1.54) is 29.7 Å². The molecule has 8 heteroatoms. The van der Waals surface area contributed by atoms with Crippen molar-refractivity contribution in [1.29, 1.82) is 0 Å². The number of ether oxygens (including phenoxy) is 2. The molecule has 1 saturated carbocycles. The van der Waals surface area contributed by atoms with Crippen molar-refractivity contribution in [1.82, 2.24) is 9.88 Å². The topological polar surface area (TPSA) is 89.8 Å². The predicted molar refractivity (Wildman–Crippen MR) is 149 cm³/mol. The van der Waals surface area contributed by atoms with Gasteiger partial charge in [-0.3, -0.25) is 9.59 Å². The number of rotatable bonds is 7. The van der Waals surface area contributed by atoms with Crippen LogP contribution in [0.1, 0.15) is 63.1 Å². The van der Waals surface area contributed by atoms with Gasteiger partial charge in [0.05, 0.1) is 11.7 Å². The Morgan fingerprint density at radius 2 is 1.67 bits per heavy atom. The Balaban J connectivity index is 1.77. The highest BCUT2D eigenvalue weighted by atomic mass is 19.1. The molecule has 2 aromatic carbocycles. The molecule has 0 atom stereocenters. The fraction of sp³-hybridized carbons (Fsp3) is 0.419. The first-order chi connectivity index (χ1) is 18.3. The highest BCUT2D eigenvalue weighted by molar-refractivity contribution is 5.76. The lowest BCUT2D eigenvalue weighted by atomic mass is 9.92. The minimum atomic E-state index is -1.13. The van der Waals surface area contributed by atoms with Crippen molar-refractivity contribution in [2.45, 2.75) is 78.0 Å². The minimum Gasteiger partial charge on any atom is -0.490 e. The number of amides is 1. The van der Waals surface area contributed by atoms with E-state index in [0.29, 0.717) is 45.1 Å². The number of hydrogen-bond acceptors (Lipinski definition) is 5. The molecule has 0 bridgehead atoms. The molecule has 1 aromatic heterocycles. The number of carbonyl (C=O) groups excluding carboxylic acids is 1. The van der Waals surface area contributed by atoms with E-state index in [-0.39, 0.29) is 29.4 Å². The van der Waals surface area contributed by atoms with Gasteiger partial charge in [0.2, 0.25) is 5.91 Å². The summed E-state index contributed by atoms with van der Waals surface area (Å²) in [6.07, 6.45) is 4.64. The van der Waals surface area contributed by atoms with Gasteiger partial charge in [-0.15, -0.1) is 0 Å². The summed E-state index contributed by atoms with van der Waals surface area (Å²) >= 11 is 0. The third-order valence-electron chi connectivity index (χ3n) is 7.18. The molecular weight excluding hydrogens is 499 g/mol. The molecule has 1 heterocycles. The lowest BCUT2D eigenvalue weighted by Crippen LogP contribution is -2.38. The SMILES string of the molecule is CC(=O)N[C@H]1CC[C@H](Oc2cc(=O)n(C)cc2-c2cc(C(C)(C)O)ccc2Oc2c(C)cc(F)cc2C)CC1. The van der Waals surface area contributed by atoms with Gasteiger partial charge in [-0.2, -0.15) is 0 Å². The summed E-state index contributed by atoms with van der Waals surface area (Å²) in [7, 11) is 1.67. The van der Waals surface area contributed by atoms with Crippen molar-refractivity contribution >= 4 is 5.91 Å². The van der Waals surface area contributed by atoms with Crippen LogP contribution in [0.15, 0.2) is 47.4 Å². The molecule has 2 N–H and O–H groups in total. The monoisotopic (exact) mass is 536 g/mol. The van der Waals surface area contributed by atoms with Gasteiger partial charge < -0.3 is 24.5 Å². The number of pyridine rings is 1. The molecule has 0 aliphatic heterocycles. The van der Waals surface area contributed by atoms with Gasteiger partial charge in [-0.1, -0.05) is 6.07 Å². The molecule has 7 nitrogen and oxygen atoms in total. The number of aryl methyl sites for hydroxylation is 3. The zero-order chi connectivity index (χ0) is 28.5. The van der Waals surface area contributed by atoms with Crippen LogP contribution in [0, 0.1) is 19.7 Å². The van der Waals surface area contributed by atoms with Gasteiger partial charge in [-0.05, 0) is 94.3 Å². The summed E-state index contributed by atoms with van der Waals surface area (Å²) in [5.41, 5.74) is 1.89. The first-order valence-electron chi connectivity index (χ1n) is 13.3. The summed E-state index contributed by atoms with van der Waals surface area (Å²) in [5.74, 6) is 1.07. The third-order valence-corrected chi connectivity index (χ3v) is 7.18. The first-order valence-corrected chi connectivity index (χ1v) is 13.3. The van der Waals surface area contributed by atoms with E-state index < -0.39 is 5.60 Å². The molecule has 3 aromatic rings. The molecule has 0 unspecified atom stereocenters. The standard InChI is InChI=1S/C31H37FN2O5/c1-18-13-22(32)14-19(2)30(18)39-27-12-7-21(31(4,5)37)15-25(27)26-17-34(6)29(36)16-28(26)38-24-10-8-23(9-11-24)33-20(3)35/h7,12-17,23-24,37H,8-11H2,1-6H3,(H,33,35)/t23-,24-. The fourth-order valence-electron chi connectivity index (χ4n) is 5.08. The number of aromatic nitrogens is 1. The average molecular weight is 537 g/mol. The molecule has 0 spiro atoms. The van der Waals surface area contributed by atoms with E-state index >= 15 is 0 Å². The highest BCUT2D eigenvalue weighted by Crippen LogP contribution is 2.42. The van der Waals surface area contributed by atoms with Crippen LogP contribution < -0.4 is 20.3 Å². The fourth-order valence-corrected chi connectivity index (χ4v) is 5.08. The molecule has 208 valence electrons. The van der Waals surface area contributed by atoms with Gasteiger partial charge in [0.25, 0.3) is 5.56 Å². The maximum absolute atomic E-state index is 14.0. The van der Waals surface area contributed by atoms with Crippen LogP contribution in [-0.2, 0) is 17.4 Å². The van der Waals surface area contributed by atoms with Crippen molar-refractivity contribution in [3.05, 3.63) is 75.5 Å². The molecule has 0 radical (unpaired) electrons. The van der Waals surface area contributed by atoms with E-state index in [1.54, 1.807) is 53.1 Å². The van der Waals surface area contributed by atoms with Crippen molar-refractivity contribution in [3.8, 4) is 28.4 Å². The molecule has 4 rings (SSSR count). The van der Waals surface area contributed by atoms with Crippen LogP contribution in [0.4, 0.5) is 4.39 Å². The zero-order valence-corrected chi connectivity index (χ0v) is 23.4. The lowest BCUT2D eigenvalue weighted by molar-refractivity contribution is -0.120. The van der Waals surface area contributed by atoms with E-state index in [4.69, 9.17) is 9.47 Å². The number of benzene rings is 2. The largest absolute Gasteiger partial charge is 0.490 e. The van der Waals surface area contributed by atoms with Gasteiger partial charge in [0.1, 0.15) is 23.1 Å². The summed E-state index contributed by atoms with van der Waals surface area (Å²) in [6.45, 7) is 8.49.